The Balaban J connectivity index is 1.32. The number of hydrogen-bond acceptors (Lipinski definition) is 16. The van der Waals surface area contributed by atoms with Crippen molar-refractivity contribution in [2.45, 2.75) is 56.0 Å². The van der Waals surface area contributed by atoms with Crippen LogP contribution < -0.4 is 11.1 Å². The van der Waals surface area contributed by atoms with Gasteiger partial charge in [-0.3, -0.25) is 18.4 Å². The Morgan fingerprint density at radius 1 is 1.03 bits per heavy atom. The third-order valence-corrected chi connectivity index (χ3v) is 8.35. The van der Waals surface area contributed by atoms with Gasteiger partial charge in [0.05, 0.1) is 19.5 Å². The van der Waals surface area contributed by atoms with Crippen LogP contribution in [0.3, 0.4) is 0 Å². The molecule has 0 bridgehead atoms. The lowest BCUT2D eigenvalue weighted by Gasteiger charge is -2.21. The van der Waals surface area contributed by atoms with E-state index >= 15 is 0 Å². The van der Waals surface area contributed by atoms with Gasteiger partial charge in [0.25, 0.3) is 0 Å². The van der Waals surface area contributed by atoms with Gasteiger partial charge in [-0.1, -0.05) is 0 Å². The summed E-state index contributed by atoms with van der Waals surface area (Å²) in [4.78, 5) is 42.7. The van der Waals surface area contributed by atoms with Gasteiger partial charge in [0.2, 0.25) is 5.91 Å². The van der Waals surface area contributed by atoms with Crippen LogP contribution in [0.15, 0.2) is 12.7 Å². The number of nitrogens with one attached hydrogen (secondary N) is 1. The van der Waals surface area contributed by atoms with Crippen LogP contribution in [0.1, 0.15) is 13.2 Å². The summed E-state index contributed by atoms with van der Waals surface area (Å²) in [5, 5.41) is 42.9. The highest BCUT2D eigenvalue weighted by molar-refractivity contribution is 7.61. The summed E-state index contributed by atoms with van der Waals surface area (Å²) >= 11 is 0. The minimum absolute atomic E-state index is 0.0541. The molecule has 1 amide bonds. The summed E-state index contributed by atoms with van der Waals surface area (Å²) in [6.45, 7) is -0.659. The van der Waals surface area contributed by atoms with Crippen molar-refractivity contribution in [3.8, 4) is 0 Å². The number of aliphatic hydroxyl groups is 4. The quantitative estimate of drug-likeness (QED) is 0.125. The van der Waals surface area contributed by atoms with Gasteiger partial charge in [-0.2, -0.15) is 4.31 Å². The number of phosphoric acid groups is 2. The number of imidazole rings is 1. The SMILES string of the molecule is CC(=O)N[C@H]1C(O)O[C@H](COP(=O)(O)OP(=O)(O)OC[C@H]2O[C@@H](n3cnc4c(N)ncnc43)[C@H](O)[C@@H]2O)[C@H]1O. The lowest BCUT2D eigenvalue weighted by molar-refractivity contribution is -0.126. The molecule has 2 fully saturated rings. The summed E-state index contributed by atoms with van der Waals surface area (Å²) in [5.74, 6) is -0.538. The van der Waals surface area contributed by atoms with Crippen molar-refractivity contribution in [2.75, 3.05) is 18.9 Å². The number of anilines is 1. The maximum Gasteiger partial charge on any atom is 0.481 e. The normalized spacial score (nSPS) is 34.1. The average Bonchev–Trinajstić information content (AvgIpc) is 3.47. The van der Waals surface area contributed by atoms with Crippen molar-refractivity contribution in [1.82, 2.24) is 24.8 Å². The average molecular weight is 600 g/mol. The number of phosphoric ester groups is 2. The fraction of sp³-hybridized carbons (Fsp3) is 0.647. The van der Waals surface area contributed by atoms with Gasteiger partial charge in [-0.05, 0) is 0 Å². The van der Waals surface area contributed by atoms with E-state index in [0.29, 0.717) is 0 Å². The molecule has 10 atom stereocenters. The molecule has 0 aromatic carbocycles. The van der Waals surface area contributed by atoms with Crippen molar-refractivity contribution < 1.29 is 67.0 Å². The molecule has 3 unspecified atom stereocenters. The number of carbonyl (C=O) groups excluding carboxylic acids is 1. The molecule has 2 aliphatic heterocycles. The Hall–Kier alpha value is -2.16. The number of aliphatic hydroxyl groups excluding tert-OH is 4. The molecule has 0 radical (unpaired) electrons. The first-order valence-corrected chi connectivity index (χ1v) is 14.1. The molecule has 39 heavy (non-hydrogen) atoms. The Kier molecular flexibility index (Phi) is 8.70. The van der Waals surface area contributed by atoms with Gasteiger partial charge < -0.3 is 50.7 Å². The van der Waals surface area contributed by atoms with E-state index in [4.69, 9.17) is 15.2 Å². The second kappa shape index (κ2) is 11.4. The van der Waals surface area contributed by atoms with Crippen molar-refractivity contribution >= 4 is 38.5 Å². The van der Waals surface area contributed by atoms with E-state index < -0.39 is 83.8 Å². The smallest absolute Gasteiger partial charge is 0.388 e. The molecule has 2 aromatic heterocycles. The predicted octanol–water partition coefficient (Wildman–Crippen LogP) is -3.14. The predicted molar refractivity (Wildman–Crippen MR) is 123 cm³/mol. The fourth-order valence-electron chi connectivity index (χ4n) is 3.94. The highest BCUT2D eigenvalue weighted by Crippen LogP contribution is 2.60. The molecular formula is C17H26N6O14P2. The standard InChI is InChI=1S/C17H26N6O14P2/c1-6(24)22-9-11(25)7(36-17(9)28)2-33-38(29,30)37-39(31,32)34-3-8-12(26)13(27)16(35-8)23-5-21-10-14(18)19-4-20-15(10)23/h4-5,7-9,11-13,16-17,25-28H,2-3H2,1H3,(H,22,24)(H,29,30)(H,31,32)(H2,18,19,20)/t7-,8-,9-,11-,12-,13-,16-,17?/m1/s1. The molecule has 0 saturated carbocycles. The number of nitrogens with zero attached hydrogens (tertiary/aromatic N) is 4. The lowest BCUT2D eigenvalue weighted by Crippen LogP contribution is -2.47. The van der Waals surface area contributed by atoms with Gasteiger partial charge in [-0.25, -0.2) is 24.1 Å². The third-order valence-electron chi connectivity index (χ3n) is 5.75. The molecular weight excluding hydrogens is 574 g/mol. The second-order valence-corrected chi connectivity index (χ2v) is 11.6. The van der Waals surface area contributed by atoms with E-state index in [-0.39, 0.29) is 17.0 Å². The molecule has 22 heteroatoms. The van der Waals surface area contributed by atoms with Crippen LogP contribution in [0.25, 0.3) is 11.2 Å². The van der Waals surface area contributed by atoms with Crippen LogP contribution in [0.4, 0.5) is 5.82 Å². The first-order valence-electron chi connectivity index (χ1n) is 11.1. The van der Waals surface area contributed by atoms with Gasteiger partial charge >= 0.3 is 15.6 Å². The van der Waals surface area contributed by atoms with E-state index in [2.05, 4.69) is 33.6 Å². The zero-order chi connectivity index (χ0) is 28.7. The summed E-state index contributed by atoms with van der Waals surface area (Å²) in [6, 6.07) is -1.26. The maximum atomic E-state index is 12.3. The molecule has 9 N–H and O–H groups in total. The van der Waals surface area contributed by atoms with Crippen LogP contribution in [0.2, 0.25) is 0 Å². The van der Waals surface area contributed by atoms with Crippen molar-refractivity contribution in [1.29, 1.82) is 0 Å². The Morgan fingerprint density at radius 3 is 2.26 bits per heavy atom. The Morgan fingerprint density at radius 2 is 1.64 bits per heavy atom. The number of nitrogen functional groups attached to an aromatic ring is 1. The number of ether oxygens (including phenoxy) is 2. The molecule has 2 aliphatic rings. The number of fused-ring (bicyclic) bond motifs is 1. The second-order valence-electron chi connectivity index (χ2n) is 8.52. The number of rotatable bonds is 10. The molecule has 2 saturated heterocycles. The lowest BCUT2D eigenvalue weighted by atomic mass is 10.1. The van der Waals surface area contributed by atoms with Crippen LogP contribution in [0.5, 0.6) is 0 Å². The Labute approximate surface area is 218 Å². The molecule has 0 spiro atoms. The van der Waals surface area contributed by atoms with Crippen molar-refractivity contribution in [2.24, 2.45) is 0 Å². The minimum Gasteiger partial charge on any atom is -0.388 e. The number of nitrogens with two attached hydrogens (primary N) is 1. The summed E-state index contributed by atoms with van der Waals surface area (Å²) in [5.41, 5.74) is 6.09. The number of aromatic nitrogens is 4. The van der Waals surface area contributed by atoms with E-state index in [1.165, 1.54) is 10.9 Å². The molecule has 4 heterocycles. The first kappa shape index (κ1) is 29.8. The van der Waals surface area contributed by atoms with Crippen LogP contribution >= 0.6 is 15.6 Å². The molecule has 4 rings (SSSR count). The van der Waals surface area contributed by atoms with Crippen LogP contribution in [-0.4, -0.2) is 112 Å². The zero-order valence-electron chi connectivity index (χ0n) is 19.9. The topological polar surface area (TPSA) is 300 Å². The molecule has 20 nitrogen and oxygen atoms in total. The van der Waals surface area contributed by atoms with Crippen LogP contribution in [-0.2, 0) is 36.8 Å². The minimum atomic E-state index is -5.33. The zero-order valence-corrected chi connectivity index (χ0v) is 21.7. The van der Waals surface area contributed by atoms with E-state index in [0.717, 1.165) is 13.3 Å². The van der Waals surface area contributed by atoms with Crippen molar-refractivity contribution in [3.05, 3.63) is 12.7 Å². The molecule has 218 valence electrons. The summed E-state index contributed by atoms with van der Waals surface area (Å²) in [6.07, 6.45) is -8.18. The monoisotopic (exact) mass is 600 g/mol. The number of amides is 1. The van der Waals surface area contributed by atoms with Crippen LogP contribution in [0, 0.1) is 0 Å². The maximum absolute atomic E-state index is 12.3. The van der Waals surface area contributed by atoms with E-state index in [1.807, 2.05) is 0 Å². The summed E-state index contributed by atoms with van der Waals surface area (Å²) < 4.78 is 49.6. The third kappa shape index (κ3) is 6.60. The van der Waals surface area contributed by atoms with E-state index in [1.54, 1.807) is 0 Å². The molecule has 2 aromatic rings. The highest BCUT2D eigenvalue weighted by Gasteiger charge is 2.47. The fourth-order valence-corrected chi connectivity index (χ4v) is 6.03. The van der Waals surface area contributed by atoms with Gasteiger partial charge in [-0.15, -0.1) is 0 Å². The largest absolute Gasteiger partial charge is 0.481 e. The van der Waals surface area contributed by atoms with Gasteiger partial charge in [0.1, 0.15) is 48.4 Å². The first-order chi connectivity index (χ1) is 18.2. The van der Waals surface area contributed by atoms with E-state index in [9.17, 15) is 44.1 Å². The Bertz CT molecular complexity index is 1300. The number of carbonyl (C=O) groups is 1. The molecule has 0 aliphatic carbocycles. The summed E-state index contributed by atoms with van der Waals surface area (Å²) in [7, 11) is -10.7. The highest BCUT2D eigenvalue weighted by atomic mass is 31.3. The van der Waals surface area contributed by atoms with Gasteiger partial charge in [0.15, 0.2) is 24.0 Å². The van der Waals surface area contributed by atoms with Gasteiger partial charge in [0, 0.05) is 6.92 Å². The number of hydrogen-bond donors (Lipinski definition) is 8. The van der Waals surface area contributed by atoms with Crippen molar-refractivity contribution in [3.63, 3.8) is 0 Å².